The highest BCUT2D eigenvalue weighted by Gasteiger charge is 2.11. The lowest BCUT2D eigenvalue weighted by Crippen LogP contribution is -2.02. The van der Waals surface area contributed by atoms with E-state index in [9.17, 15) is 0 Å². The first-order chi connectivity index (χ1) is 6.65. The lowest BCUT2D eigenvalue weighted by molar-refractivity contribution is 0.641. The monoisotopic (exact) mass is 191 g/mol. The van der Waals surface area contributed by atoms with E-state index in [4.69, 9.17) is 5.73 Å². The van der Waals surface area contributed by atoms with Gasteiger partial charge in [-0.1, -0.05) is 19.4 Å². The molecule has 0 amide bonds. The Labute approximate surface area is 85.1 Å². The second-order valence-corrected chi connectivity index (χ2v) is 3.84. The molecular formula is C11H17N3. The average Bonchev–Trinajstić information content (AvgIpc) is 2.51. The molecule has 3 heteroatoms. The van der Waals surface area contributed by atoms with Crippen molar-refractivity contribution in [3.63, 3.8) is 0 Å². The fraction of sp³-hybridized carbons (Fsp3) is 0.455. The van der Waals surface area contributed by atoms with Crippen molar-refractivity contribution in [1.29, 1.82) is 0 Å². The minimum Gasteiger partial charge on any atom is -0.390 e. The van der Waals surface area contributed by atoms with E-state index in [0.29, 0.717) is 5.92 Å². The number of rotatable bonds is 2. The number of allylic oxidation sites excluding steroid dienone is 1. The summed E-state index contributed by atoms with van der Waals surface area (Å²) in [7, 11) is 0. The first-order valence-electron chi connectivity index (χ1n) is 4.84. The van der Waals surface area contributed by atoms with Crippen molar-refractivity contribution < 1.29 is 0 Å². The zero-order valence-electron chi connectivity index (χ0n) is 8.99. The third-order valence-corrected chi connectivity index (χ3v) is 2.05. The van der Waals surface area contributed by atoms with Gasteiger partial charge in [0.25, 0.3) is 0 Å². The number of aliphatic imine (C=N–C) groups is 2. The molecule has 0 aromatic rings. The molecule has 1 heterocycles. The van der Waals surface area contributed by atoms with Gasteiger partial charge in [0.2, 0.25) is 0 Å². The summed E-state index contributed by atoms with van der Waals surface area (Å²) in [4.78, 5) is 8.15. The van der Waals surface area contributed by atoms with Crippen molar-refractivity contribution in [3.8, 4) is 0 Å². The van der Waals surface area contributed by atoms with Gasteiger partial charge in [-0.2, -0.15) is 0 Å². The van der Waals surface area contributed by atoms with Crippen molar-refractivity contribution in [2.45, 2.75) is 27.2 Å². The van der Waals surface area contributed by atoms with Crippen LogP contribution in [0.25, 0.3) is 0 Å². The standard InChI is InChI=1S/C11H17N3/c1-8(2)6-9(3)10-4-5-13-11(10)14-7-12/h4-5,7-8H,6H2,1-3H3,(H2,12,13,14)/b10-9+. The van der Waals surface area contributed by atoms with Crippen LogP contribution >= 0.6 is 0 Å². The van der Waals surface area contributed by atoms with Gasteiger partial charge >= 0.3 is 0 Å². The van der Waals surface area contributed by atoms with E-state index in [0.717, 1.165) is 17.8 Å². The largest absolute Gasteiger partial charge is 0.390 e. The maximum Gasteiger partial charge on any atom is 0.160 e. The summed E-state index contributed by atoms with van der Waals surface area (Å²) in [6.07, 6.45) is 6.11. The van der Waals surface area contributed by atoms with Crippen LogP contribution in [0.4, 0.5) is 0 Å². The fourth-order valence-electron chi connectivity index (χ4n) is 1.56. The molecule has 0 fully saturated rings. The molecule has 14 heavy (non-hydrogen) atoms. The molecule has 0 aromatic carbocycles. The zero-order valence-corrected chi connectivity index (χ0v) is 8.99. The van der Waals surface area contributed by atoms with E-state index in [1.807, 2.05) is 6.08 Å². The molecule has 0 aromatic heterocycles. The Morgan fingerprint density at radius 3 is 2.93 bits per heavy atom. The molecule has 3 nitrogen and oxygen atoms in total. The molecule has 2 N–H and O–H groups in total. The third-order valence-electron chi connectivity index (χ3n) is 2.05. The number of hydrogen-bond acceptors (Lipinski definition) is 2. The van der Waals surface area contributed by atoms with E-state index >= 15 is 0 Å². The maximum absolute atomic E-state index is 5.25. The maximum atomic E-state index is 5.25. The number of hydrogen-bond donors (Lipinski definition) is 1. The summed E-state index contributed by atoms with van der Waals surface area (Å²) >= 11 is 0. The average molecular weight is 191 g/mol. The van der Waals surface area contributed by atoms with E-state index in [1.54, 1.807) is 6.20 Å². The quantitative estimate of drug-likeness (QED) is 0.528. The Kier molecular flexibility index (Phi) is 3.63. The van der Waals surface area contributed by atoms with Crippen LogP contribution < -0.4 is 5.73 Å². The van der Waals surface area contributed by atoms with Crippen molar-refractivity contribution in [2.75, 3.05) is 0 Å². The van der Waals surface area contributed by atoms with Crippen LogP contribution in [-0.2, 0) is 0 Å². The van der Waals surface area contributed by atoms with Gasteiger partial charge < -0.3 is 5.73 Å². The van der Waals surface area contributed by atoms with Crippen molar-refractivity contribution in [1.82, 2.24) is 0 Å². The summed E-state index contributed by atoms with van der Waals surface area (Å²) in [5, 5.41) is 0. The summed E-state index contributed by atoms with van der Waals surface area (Å²) in [5.74, 6) is 1.38. The van der Waals surface area contributed by atoms with Crippen LogP contribution in [0.3, 0.4) is 0 Å². The van der Waals surface area contributed by atoms with Crippen molar-refractivity contribution >= 4 is 12.2 Å². The SMILES string of the molecule is C/C(CC(C)C)=C1/C=CN=C1N=CN. The first kappa shape index (κ1) is 10.7. The Morgan fingerprint density at radius 2 is 2.36 bits per heavy atom. The summed E-state index contributed by atoms with van der Waals surface area (Å²) in [5.41, 5.74) is 7.68. The molecule has 1 aliphatic rings. The Bertz CT molecular complexity index is 319. The van der Waals surface area contributed by atoms with Crippen LogP contribution in [0.15, 0.2) is 33.4 Å². The normalized spacial score (nSPS) is 19.6. The minimum absolute atomic E-state index is 0.652. The molecule has 0 unspecified atom stereocenters. The molecule has 1 rings (SSSR count). The predicted octanol–water partition coefficient (Wildman–Crippen LogP) is 2.26. The zero-order chi connectivity index (χ0) is 10.6. The topological polar surface area (TPSA) is 50.7 Å². The van der Waals surface area contributed by atoms with Crippen molar-refractivity contribution in [3.05, 3.63) is 23.4 Å². The Morgan fingerprint density at radius 1 is 1.64 bits per heavy atom. The lowest BCUT2D eigenvalue weighted by Gasteiger charge is -2.07. The van der Waals surface area contributed by atoms with Crippen LogP contribution in [0.1, 0.15) is 27.2 Å². The summed E-state index contributed by atoms with van der Waals surface area (Å²) < 4.78 is 0. The molecule has 0 saturated carbocycles. The van der Waals surface area contributed by atoms with E-state index < -0.39 is 0 Å². The molecular weight excluding hydrogens is 174 g/mol. The van der Waals surface area contributed by atoms with Crippen LogP contribution in [0, 0.1) is 5.92 Å². The second-order valence-electron chi connectivity index (χ2n) is 3.84. The predicted molar refractivity (Wildman–Crippen MR) is 61.4 cm³/mol. The minimum atomic E-state index is 0.652. The molecule has 1 aliphatic heterocycles. The molecule has 0 bridgehead atoms. The van der Waals surface area contributed by atoms with Gasteiger partial charge in [0, 0.05) is 11.8 Å². The molecule has 0 saturated heterocycles. The summed E-state index contributed by atoms with van der Waals surface area (Å²) in [6, 6.07) is 0. The van der Waals surface area contributed by atoms with Gasteiger partial charge in [0.1, 0.15) is 0 Å². The number of amidine groups is 1. The van der Waals surface area contributed by atoms with Gasteiger partial charge in [-0.05, 0) is 25.3 Å². The van der Waals surface area contributed by atoms with Gasteiger partial charge in [-0.25, -0.2) is 9.98 Å². The van der Waals surface area contributed by atoms with Crippen LogP contribution in [0.2, 0.25) is 0 Å². The summed E-state index contributed by atoms with van der Waals surface area (Å²) in [6.45, 7) is 6.52. The van der Waals surface area contributed by atoms with Gasteiger partial charge in [-0.3, -0.25) is 0 Å². The fourth-order valence-corrected chi connectivity index (χ4v) is 1.56. The number of nitrogens with two attached hydrogens (primary N) is 1. The smallest absolute Gasteiger partial charge is 0.160 e. The molecule has 0 atom stereocenters. The Hall–Kier alpha value is -1.38. The molecule has 76 valence electrons. The molecule has 0 aliphatic carbocycles. The van der Waals surface area contributed by atoms with E-state index in [2.05, 4.69) is 30.8 Å². The van der Waals surface area contributed by atoms with Crippen LogP contribution in [-0.4, -0.2) is 12.2 Å². The number of nitrogens with zero attached hydrogens (tertiary/aromatic N) is 2. The van der Waals surface area contributed by atoms with Gasteiger partial charge in [-0.15, -0.1) is 0 Å². The highest BCUT2D eigenvalue weighted by atomic mass is 14.9. The van der Waals surface area contributed by atoms with E-state index in [-0.39, 0.29) is 0 Å². The Balaban J connectivity index is 2.86. The van der Waals surface area contributed by atoms with E-state index in [1.165, 1.54) is 11.9 Å². The van der Waals surface area contributed by atoms with Gasteiger partial charge in [0.15, 0.2) is 5.84 Å². The lowest BCUT2D eigenvalue weighted by atomic mass is 9.99. The second kappa shape index (κ2) is 4.74. The highest BCUT2D eigenvalue weighted by Crippen LogP contribution is 2.20. The molecule has 0 radical (unpaired) electrons. The third kappa shape index (κ3) is 2.55. The van der Waals surface area contributed by atoms with Gasteiger partial charge in [0.05, 0.1) is 6.34 Å². The van der Waals surface area contributed by atoms with Crippen LogP contribution in [0.5, 0.6) is 0 Å². The molecule has 0 spiro atoms. The van der Waals surface area contributed by atoms with Crippen molar-refractivity contribution in [2.24, 2.45) is 21.6 Å². The highest BCUT2D eigenvalue weighted by molar-refractivity contribution is 6.06. The first-order valence-corrected chi connectivity index (χ1v) is 4.84.